The van der Waals surface area contributed by atoms with Crippen molar-refractivity contribution in [1.82, 2.24) is 0 Å². The monoisotopic (exact) mass is 236 g/mol. The molecule has 94 valence electrons. The summed E-state index contributed by atoms with van der Waals surface area (Å²) < 4.78 is 5.67. The van der Waals surface area contributed by atoms with Gasteiger partial charge < -0.3 is 14.9 Å². The van der Waals surface area contributed by atoms with E-state index in [-0.39, 0.29) is 11.5 Å². The fraction of sp³-hybridized carbons (Fsp3) is 1.00. The zero-order valence-electron chi connectivity index (χ0n) is 10.0. The Labute approximate surface area is 101 Å². The lowest BCUT2D eigenvalue weighted by molar-refractivity contribution is -0.401. The van der Waals surface area contributed by atoms with Gasteiger partial charge in [-0.05, 0) is 36.5 Å². The molecule has 5 rings (SSSR count). The molecule has 17 heavy (non-hydrogen) atoms. The van der Waals surface area contributed by atoms with Gasteiger partial charge in [-0.2, -0.15) is 0 Å². The van der Waals surface area contributed by atoms with Crippen LogP contribution in [0.3, 0.4) is 0 Å². The van der Waals surface area contributed by atoms with Gasteiger partial charge in [-0.1, -0.05) is 6.42 Å². The summed E-state index contributed by atoms with van der Waals surface area (Å²) in [6.45, 7) is 2.02. The van der Waals surface area contributed by atoms with Crippen LogP contribution in [0.25, 0.3) is 0 Å². The van der Waals surface area contributed by atoms with Crippen molar-refractivity contribution >= 4 is 0 Å². The third kappa shape index (κ3) is 0.684. The second-order valence-corrected chi connectivity index (χ2v) is 7.19. The third-order valence-electron chi connectivity index (χ3n) is 7.42. The molecule has 0 aromatic rings. The predicted octanol–water partition coefficient (Wildman–Crippen LogP) is 0.648. The highest BCUT2D eigenvalue weighted by Crippen LogP contribution is 2.87. The van der Waals surface area contributed by atoms with Crippen LogP contribution in [-0.4, -0.2) is 36.1 Å². The molecule has 4 saturated carbocycles. The van der Waals surface area contributed by atoms with E-state index in [0.29, 0.717) is 29.8 Å². The molecule has 5 aliphatic rings. The second-order valence-electron chi connectivity index (χ2n) is 7.19. The molecule has 3 nitrogen and oxygen atoms in total. The average molecular weight is 236 g/mol. The molecule has 4 aliphatic carbocycles. The summed E-state index contributed by atoms with van der Waals surface area (Å²) in [7, 11) is 0. The first-order valence-electron chi connectivity index (χ1n) is 7.14. The maximum Gasteiger partial charge on any atom is 0.0634 e. The van der Waals surface area contributed by atoms with Gasteiger partial charge in [-0.25, -0.2) is 0 Å². The normalized spacial score (nSPS) is 70.2. The van der Waals surface area contributed by atoms with Crippen molar-refractivity contribution in [3.8, 4) is 0 Å². The number of hydrogen-bond donors (Lipinski definition) is 2. The Hall–Kier alpha value is -0.120. The summed E-state index contributed by atoms with van der Waals surface area (Å²) in [6, 6.07) is 0. The SMILES string of the molecule is OCC12CCCC1C1C2C2C(O)C3COCC321. The Kier molecular flexibility index (Phi) is 1.48. The van der Waals surface area contributed by atoms with E-state index in [1.807, 2.05) is 0 Å². The highest BCUT2D eigenvalue weighted by molar-refractivity contribution is 5.34. The van der Waals surface area contributed by atoms with Gasteiger partial charge in [-0.3, -0.25) is 0 Å². The van der Waals surface area contributed by atoms with Crippen molar-refractivity contribution in [2.45, 2.75) is 25.4 Å². The summed E-state index contributed by atoms with van der Waals surface area (Å²) in [4.78, 5) is 0. The van der Waals surface area contributed by atoms with Crippen molar-refractivity contribution in [2.75, 3.05) is 19.8 Å². The summed E-state index contributed by atoms with van der Waals surface area (Å²) in [6.07, 6.45) is 3.64. The van der Waals surface area contributed by atoms with Gasteiger partial charge in [0, 0.05) is 23.4 Å². The van der Waals surface area contributed by atoms with E-state index in [1.54, 1.807) is 0 Å². The number of fused-ring (bicyclic) bond motifs is 5. The number of ether oxygens (including phenoxy) is 1. The lowest BCUT2D eigenvalue weighted by atomic mass is 9.20. The molecule has 5 fully saturated rings. The zero-order chi connectivity index (χ0) is 11.4. The Balaban J connectivity index is 1.57. The second kappa shape index (κ2) is 2.59. The highest BCUT2D eigenvalue weighted by Gasteiger charge is 2.88. The van der Waals surface area contributed by atoms with Gasteiger partial charge >= 0.3 is 0 Å². The summed E-state index contributed by atoms with van der Waals surface area (Å²) in [5, 5.41) is 20.1. The Morgan fingerprint density at radius 1 is 1.18 bits per heavy atom. The van der Waals surface area contributed by atoms with Crippen molar-refractivity contribution in [1.29, 1.82) is 0 Å². The largest absolute Gasteiger partial charge is 0.396 e. The maximum atomic E-state index is 10.3. The highest BCUT2D eigenvalue weighted by atomic mass is 16.5. The summed E-state index contributed by atoms with van der Waals surface area (Å²) in [5.41, 5.74) is 0.548. The minimum absolute atomic E-state index is 0.135. The quantitative estimate of drug-likeness (QED) is 0.703. The number of rotatable bonds is 1. The van der Waals surface area contributed by atoms with E-state index in [0.717, 1.165) is 25.0 Å². The van der Waals surface area contributed by atoms with Gasteiger partial charge in [-0.15, -0.1) is 0 Å². The lowest BCUT2D eigenvalue weighted by Crippen LogP contribution is -2.86. The molecule has 1 heterocycles. The Bertz CT molecular complexity index is 397. The van der Waals surface area contributed by atoms with Crippen LogP contribution in [-0.2, 0) is 4.74 Å². The first-order valence-corrected chi connectivity index (χ1v) is 7.14. The Morgan fingerprint density at radius 2 is 2.06 bits per heavy atom. The molecule has 2 N–H and O–H groups in total. The molecule has 1 aliphatic heterocycles. The number of aliphatic hydroxyl groups is 2. The van der Waals surface area contributed by atoms with E-state index in [1.165, 1.54) is 19.3 Å². The molecule has 1 saturated heterocycles. The van der Waals surface area contributed by atoms with Gasteiger partial charge in [0.1, 0.15) is 0 Å². The summed E-state index contributed by atoms with van der Waals surface area (Å²) in [5.74, 6) is 3.02. The Morgan fingerprint density at radius 3 is 2.88 bits per heavy atom. The minimum Gasteiger partial charge on any atom is -0.396 e. The molecule has 8 atom stereocenters. The van der Waals surface area contributed by atoms with Crippen LogP contribution in [0, 0.1) is 40.4 Å². The fourth-order valence-corrected chi connectivity index (χ4v) is 6.98. The van der Waals surface area contributed by atoms with Gasteiger partial charge in [0.15, 0.2) is 0 Å². The molecule has 0 radical (unpaired) electrons. The van der Waals surface area contributed by atoms with Crippen LogP contribution in [0.5, 0.6) is 0 Å². The average Bonchev–Trinajstić information content (AvgIpc) is 2.87. The van der Waals surface area contributed by atoms with Gasteiger partial charge in [0.2, 0.25) is 0 Å². The van der Waals surface area contributed by atoms with Crippen LogP contribution in [0.15, 0.2) is 0 Å². The molecule has 3 heteroatoms. The fourth-order valence-electron chi connectivity index (χ4n) is 6.98. The van der Waals surface area contributed by atoms with E-state index >= 15 is 0 Å². The molecule has 1 spiro atoms. The smallest absolute Gasteiger partial charge is 0.0634 e. The van der Waals surface area contributed by atoms with Gasteiger partial charge in [0.25, 0.3) is 0 Å². The molecular formula is C14H20O3. The molecule has 8 unspecified atom stereocenters. The van der Waals surface area contributed by atoms with Crippen LogP contribution < -0.4 is 0 Å². The van der Waals surface area contributed by atoms with Crippen molar-refractivity contribution < 1.29 is 14.9 Å². The molecule has 0 aromatic carbocycles. The van der Waals surface area contributed by atoms with Crippen molar-refractivity contribution in [2.24, 2.45) is 40.4 Å². The summed E-state index contributed by atoms with van der Waals surface area (Å²) >= 11 is 0. The predicted molar refractivity (Wildman–Crippen MR) is 60.1 cm³/mol. The first kappa shape index (κ1) is 9.76. The zero-order valence-corrected chi connectivity index (χ0v) is 10.0. The van der Waals surface area contributed by atoms with Crippen LogP contribution >= 0.6 is 0 Å². The van der Waals surface area contributed by atoms with E-state index in [4.69, 9.17) is 4.74 Å². The minimum atomic E-state index is -0.135. The van der Waals surface area contributed by atoms with E-state index in [9.17, 15) is 10.2 Å². The van der Waals surface area contributed by atoms with Crippen molar-refractivity contribution in [3.63, 3.8) is 0 Å². The first-order chi connectivity index (χ1) is 8.27. The van der Waals surface area contributed by atoms with E-state index in [2.05, 4.69) is 0 Å². The van der Waals surface area contributed by atoms with Crippen molar-refractivity contribution in [3.05, 3.63) is 0 Å². The number of aliphatic hydroxyl groups excluding tert-OH is 2. The van der Waals surface area contributed by atoms with Crippen LogP contribution in [0.1, 0.15) is 19.3 Å². The number of hydrogen-bond acceptors (Lipinski definition) is 3. The third-order valence-corrected chi connectivity index (χ3v) is 7.42. The standard InChI is InChI=1S/C14H20O3/c15-5-13-3-1-2-7(13)9-10(13)11-12(16)8-4-17-6-14(8,9)11/h7-12,15-16H,1-6H2. The van der Waals surface area contributed by atoms with Crippen LogP contribution in [0.2, 0.25) is 0 Å². The lowest BCUT2D eigenvalue weighted by Gasteiger charge is -2.83. The maximum absolute atomic E-state index is 10.3. The van der Waals surface area contributed by atoms with Crippen LogP contribution in [0.4, 0.5) is 0 Å². The molecule has 0 aromatic heterocycles. The van der Waals surface area contributed by atoms with E-state index < -0.39 is 0 Å². The topological polar surface area (TPSA) is 49.7 Å². The molecular weight excluding hydrogens is 216 g/mol. The van der Waals surface area contributed by atoms with Gasteiger partial charge in [0.05, 0.1) is 19.3 Å². The molecule has 0 amide bonds. The molecule has 0 bridgehead atoms.